The van der Waals surface area contributed by atoms with Crippen molar-refractivity contribution in [1.29, 1.82) is 0 Å². The van der Waals surface area contributed by atoms with E-state index in [2.05, 4.69) is 9.97 Å². The third-order valence-electron chi connectivity index (χ3n) is 5.80. The smallest absolute Gasteiger partial charge is 0.409 e. The minimum atomic E-state index is -3.45. The van der Waals surface area contributed by atoms with E-state index in [1.54, 1.807) is 0 Å². The van der Waals surface area contributed by atoms with Crippen LogP contribution in [0, 0.1) is 11.6 Å². The highest BCUT2D eigenvalue weighted by molar-refractivity contribution is 7.90. The van der Waals surface area contributed by atoms with Crippen LogP contribution in [0.2, 0.25) is 5.02 Å². The van der Waals surface area contributed by atoms with Crippen molar-refractivity contribution < 1.29 is 31.8 Å². The monoisotopic (exact) mass is 552 g/mol. The van der Waals surface area contributed by atoms with Gasteiger partial charge in [-0.3, -0.25) is 0 Å². The standard InChI is InChI=1S/C21H23ClF2N4O5S.ClH/c1-27(6-7-29)21(30)33-12-2-4-28(5-3-12)20-14-10-34(31,32)11-18(14)25-19(26-20)13-8-17(24)15(22)9-16(13)23;/h8-9,12,29H,2-7,10-11H2,1H3;1H. The zero-order valence-corrected chi connectivity index (χ0v) is 21.1. The topological polar surface area (TPSA) is 113 Å². The number of hydrogen-bond acceptors (Lipinski definition) is 8. The quantitative estimate of drug-likeness (QED) is 0.563. The molecule has 0 radical (unpaired) electrons. The van der Waals surface area contributed by atoms with E-state index < -0.39 is 27.6 Å². The zero-order chi connectivity index (χ0) is 24.6. The molecule has 35 heavy (non-hydrogen) atoms. The van der Waals surface area contributed by atoms with E-state index >= 15 is 0 Å². The molecule has 2 aliphatic rings. The molecule has 0 saturated carbocycles. The highest BCUT2D eigenvalue weighted by Gasteiger charge is 2.34. The van der Waals surface area contributed by atoms with Gasteiger partial charge >= 0.3 is 6.09 Å². The lowest BCUT2D eigenvalue weighted by molar-refractivity contribution is 0.0539. The number of rotatable bonds is 5. The molecule has 2 aromatic rings. The van der Waals surface area contributed by atoms with E-state index in [1.165, 1.54) is 11.9 Å². The van der Waals surface area contributed by atoms with Crippen molar-refractivity contribution in [1.82, 2.24) is 14.9 Å². The fraction of sp³-hybridized carbons (Fsp3) is 0.476. The number of aliphatic hydroxyl groups is 1. The van der Waals surface area contributed by atoms with E-state index in [0.717, 1.165) is 12.1 Å². The van der Waals surface area contributed by atoms with Crippen LogP contribution < -0.4 is 4.90 Å². The van der Waals surface area contributed by atoms with E-state index in [9.17, 15) is 22.0 Å². The van der Waals surface area contributed by atoms with Crippen molar-refractivity contribution >= 4 is 45.8 Å². The number of amides is 1. The molecule has 3 heterocycles. The molecule has 4 rings (SSSR count). The van der Waals surface area contributed by atoms with Crippen molar-refractivity contribution in [3.05, 3.63) is 40.0 Å². The minimum Gasteiger partial charge on any atom is -0.446 e. The second-order valence-corrected chi connectivity index (χ2v) is 10.8. The average molecular weight is 553 g/mol. The number of fused-ring (bicyclic) bond motifs is 1. The summed E-state index contributed by atoms with van der Waals surface area (Å²) in [6, 6.07) is 1.72. The molecule has 1 N–H and O–H groups in total. The Morgan fingerprint density at radius 3 is 2.57 bits per heavy atom. The van der Waals surface area contributed by atoms with Gasteiger partial charge in [0.25, 0.3) is 0 Å². The van der Waals surface area contributed by atoms with Gasteiger partial charge in [-0.25, -0.2) is 32.0 Å². The summed E-state index contributed by atoms with van der Waals surface area (Å²) in [5.41, 5.74) is 0.483. The largest absolute Gasteiger partial charge is 0.446 e. The first-order chi connectivity index (χ1) is 16.1. The summed E-state index contributed by atoms with van der Waals surface area (Å²) in [7, 11) is -1.92. The first-order valence-electron chi connectivity index (χ1n) is 10.6. The van der Waals surface area contributed by atoms with Crippen LogP contribution in [0.15, 0.2) is 12.1 Å². The molecule has 192 valence electrons. The molecule has 14 heteroatoms. The normalized spacial score (nSPS) is 17.0. The molecule has 9 nitrogen and oxygen atoms in total. The number of sulfone groups is 1. The summed E-state index contributed by atoms with van der Waals surface area (Å²) < 4.78 is 58.7. The second kappa shape index (κ2) is 10.8. The number of hydrogen-bond donors (Lipinski definition) is 1. The van der Waals surface area contributed by atoms with Gasteiger partial charge in [0.2, 0.25) is 0 Å². The van der Waals surface area contributed by atoms with Gasteiger partial charge < -0.3 is 19.6 Å². The number of likely N-dealkylation sites (N-methyl/N-ethyl adjacent to an activating group) is 1. The number of carbonyl (C=O) groups excluding carboxylic acids is 1. The number of halogens is 4. The number of piperidine rings is 1. The maximum Gasteiger partial charge on any atom is 0.409 e. The molecule has 0 bridgehead atoms. The van der Waals surface area contributed by atoms with Crippen LogP contribution in [-0.4, -0.2) is 73.9 Å². The van der Waals surface area contributed by atoms with Gasteiger partial charge in [-0.1, -0.05) is 11.6 Å². The van der Waals surface area contributed by atoms with Crippen molar-refractivity contribution in [3.63, 3.8) is 0 Å². The van der Waals surface area contributed by atoms with Crippen LogP contribution in [0.1, 0.15) is 24.1 Å². The van der Waals surface area contributed by atoms with Crippen molar-refractivity contribution in [3.8, 4) is 11.4 Å². The van der Waals surface area contributed by atoms with Gasteiger partial charge in [-0.05, 0) is 12.1 Å². The van der Waals surface area contributed by atoms with Gasteiger partial charge in [-0.15, -0.1) is 12.4 Å². The summed E-state index contributed by atoms with van der Waals surface area (Å²) in [6.45, 7) is 0.792. The summed E-state index contributed by atoms with van der Waals surface area (Å²) in [5.74, 6) is -2.00. The van der Waals surface area contributed by atoms with E-state index in [0.29, 0.717) is 37.3 Å². The van der Waals surface area contributed by atoms with Gasteiger partial charge in [-0.2, -0.15) is 0 Å². The number of anilines is 1. The SMILES string of the molecule is CN(CCO)C(=O)OC1CCN(c2nc(-c3cc(F)c(Cl)cc3F)nc3c2CS(=O)(=O)C3)CC1.Cl. The Labute approximate surface area is 212 Å². The molecular weight excluding hydrogens is 529 g/mol. The maximum absolute atomic E-state index is 14.6. The van der Waals surface area contributed by atoms with Gasteiger partial charge in [0, 0.05) is 45.1 Å². The zero-order valence-electron chi connectivity index (χ0n) is 18.7. The molecule has 1 saturated heterocycles. The summed E-state index contributed by atoms with van der Waals surface area (Å²) in [4.78, 5) is 23.9. The number of benzene rings is 1. The van der Waals surface area contributed by atoms with E-state index in [-0.39, 0.29) is 65.3 Å². The Morgan fingerprint density at radius 2 is 1.91 bits per heavy atom. The molecule has 0 unspecified atom stereocenters. The fourth-order valence-corrected chi connectivity index (χ4v) is 5.64. The number of nitrogens with zero attached hydrogens (tertiary/aromatic N) is 4. The third-order valence-corrected chi connectivity index (χ3v) is 7.53. The van der Waals surface area contributed by atoms with Crippen molar-refractivity contribution in [2.24, 2.45) is 0 Å². The molecular formula is C21H24Cl2F2N4O5S. The third kappa shape index (κ3) is 5.93. The summed E-state index contributed by atoms with van der Waals surface area (Å²) in [5, 5.41) is 8.57. The maximum atomic E-state index is 14.6. The van der Waals surface area contributed by atoms with Gasteiger partial charge in [0.15, 0.2) is 15.7 Å². The predicted octanol–water partition coefficient (Wildman–Crippen LogP) is 2.95. The minimum absolute atomic E-state index is 0. The summed E-state index contributed by atoms with van der Waals surface area (Å²) >= 11 is 5.65. The molecule has 0 aliphatic carbocycles. The van der Waals surface area contributed by atoms with Crippen LogP contribution in [0.5, 0.6) is 0 Å². The molecule has 1 amide bonds. The highest BCUT2D eigenvalue weighted by atomic mass is 35.5. The van der Waals surface area contributed by atoms with Crippen LogP contribution in [0.25, 0.3) is 11.4 Å². The molecule has 1 fully saturated rings. The van der Waals surface area contributed by atoms with Crippen LogP contribution >= 0.6 is 24.0 Å². The van der Waals surface area contributed by atoms with E-state index in [4.69, 9.17) is 21.4 Å². The summed E-state index contributed by atoms with van der Waals surface area (Å²) in [6.07, 6.45) is 0.0299. The van der Waals surface area contributed by atoms with Crippen molar-refractivity contribution in [2.45, 2.75) is 30.5 Å². The Morgan fingerprint density at radius 1 is 1.23 bits per heavy atom. The number of ether oxygens (including phenoxy) is 1. The highest BCUT2D eigenvalue weighted by Crippen LogP contribution is 2.35. The number of aromatic nitrogens is 2. The first-order valence-corrected chi connectivity index (χ1v) is 12.8. The lowest BCUT2D eigenvalue weighted by Gasteiger charge is -2.34. The van der Waals surface area contributed by atoms with Crippen molar-refractivity contribution in [2.75, 3.05) is 38.2 Å². The Balaban J connectivity index is 0.00000342. The van der Waals surface area contributed by atoms with Gasteiger partial charge in [0.1, 0.15) is 23.6 Å². The Hall–Kier alpha value is -2.28. The molecule has 1 aromatic heterocycles. The van der Waals surface area contributed by atoms with Gasteiger partial charge in [0.05, 0.1) is 34.4 Å². The number of carbonyl (C=O) groups is 1. The molecule has 0 atom stereocenters. The lowest BCUT2D eigenvalue weighted by atomic mass is 10.1. The molecule has 2 aliphatic heterocycles. The predicted molar refractivity (Wildman–Crippen MR) is 127 cm³/mol. The van der Waals surface area contributed by atoms with Crippen LogP contribution in [0.3, 0.4) is 0 Å². The van der Waals surface area contributed by atoms with Crippen LogP contribution in [0.4, 0.5) is 19.4 Å². The van der Waals surface area contributed by atoms with Crippen LogP contribution in [-0.2, 0) is 26.1 Å². The average Bonchev–Trinajstić information content (AvgIpc) is 3.10. The Bertz CT molecular complexity index is 1230. The second-order valence-electron chi connectivity index (χ2n) is 8.29. The molecule has 1 aromatic carbocycles. The lowest BCUT2D eigenvalue weighted by Crippen LogP contribution is -2.41. The Kier molecular flexibility index (Phi) is 8.40. The fourth-order valence-electron chi connectivity index (χ4n) is 4.00. The molecule has 0 spiro atoms. The first kappa shape index (κ1) is 27.3. The van der Waals surface area contributed by atoms with E-state index in [1.807, 2.05) is 4.90 Å². The number of aliphatic hydroxyl groups excluding tert-OH is 1.